The van der Waals surface area contributed by atoms with Crippen molar-refractivity contribution in [3.05, 3.63) is 24.4 Å². The monoisotopic (exact) mass is 346 g/mol. The molecular weight excluding hydrogens is 316 g/mol. The van der Waals surface area contributed by atoms with E-state index in [9.17, 15) is 9.59 Å². The van der Waals surface area contributed by atoms with Crippen LogP contribution >= 0.6 is 0 Å². The number of pyridine rings is 1. The highest BCUT2D eigenvalue weighted by Crippen LogP contribution is 2.27. The van der Waals surface area contributed by atoms with Gasteiger partial charge in [-0.3, -0.25) is 9.59 Å². The van der Waals surface area contributed by atoms with E-state index in [1.165, 1.54) is 19.3 Å². The van der Waals surface area contributed by atoms with E-state index in [-0.39, 0.29) is 5.91 Å². The molecule has 1 atom stereocenters. The van der Waals surface area contributed by atoms with Crippen molar-refractivity contribution < 1.29 is 9.59 Å². The lowest BCUT2D eigenvalue weighted by Crippen LogP contribution is -2.45. The van der Waals surface area contributed by atoms with Crippen LogP contribution in [0.25, 0.3) is 0 Å². The van der Waals surface area contributed by atoms with E-state index in [2.05, 4.69) is 15.6 Å². The van der Waals surface area contributed by atoms with Gasteiger partial charge in [0.05, 0.1) is 0 Å². The molecule has 1 aliphatic carbocycles. The minimum absolute atomic E-state index is 0.0857. The van der Waals surface area contributed by atoms with E-state index in [4.69, 9.17) is 5.73 Å². The Morgan fingerprint density at radius 2 is 2.00 bits per heavy atom. The maximum Gasteiger partial charge on any atom is 0.240 e. The third kappa shape index (κ3) is 7.54. The Kier molecular flexibility index (Phi) is 8.22. The van der Waals surface area contributed by atoms with Gasteiger partial charge in [-0.2, -0.15) is 0 Å². The van der Waals surface area contributed by atoms with Crippen molar-refractivity contribution in [3.63, 3.8) is 0 Å². The van der Waals surface area contributed by atoms with Gasteiger partial charge >= 0.3 is 0 Å². The Bertz CT molecular complexity index is 529. The Hall–Kier alpha value is -2.11. The standard InChI is InChI=1S/C19H30N4O2/c20-19(25)16(14-15-8-2-1-3-9-15)23-18(24)11-5-7-13-22-17-10-4-6-12-21-17/h4,6,10,12,15-16H,1-3,5,7-9,11,13-14H2,(H2,20,25)(H,21,22)(H,23,24)/t16-/m1/s1. The van der Waals surface area contributed by atoms with E-state index in [0.29, 0.717) is 18.8 Å². The average Bonchev–Trinajstić information content (AvgIpc) is 2.62. The zero-order valence-corrected chi connectivity index (χ0v) is 14.9. The molecular formula is C19H30N4O2. The van der Waals surface area contributed by atoms with E-state index in [1.807, 2.05) is 18.2 Å². The molecule has 0 unspecified atom stereocenters. The van der Waals surface area contributed by atoms with Crippen LogP contribution in [0, 0.1) is 5.92 Å². The molecule has 1 aliphatic rings. The van der Waals surface area contributed by atoms with Gasteiger partial charge in [-0.25, -0.2) is 4.98 Å². The molecule has 25 heavy (non-hydrogen) atoms. The first kappa shape index (κ1) is 19.2. The highest BCUT2D eigenvalue weighted by atomic mass is 16.2. The Balaban J connectivity index is 1.62. The number of rotatable bonds is 10. The number of unbranched alkanes of at least 4 members (excludes halogenated alkanes) is 1. The molecule has 0 aromatic carbocycles. The predicted molar refractivity (Wildman–Crippen MR) is 98.9 cm³/mol. The molecule has 1 saturated carbocycles. The minimum atomic E-state index is -0.526. The zero-order chi connectivity index (χ0) is 17.9. The van der Waals surface area contributed by atoms with Crippen molar-refractivity contribution in [2.75, 3.05) is 11.9 Å². The van der Waals surface area contributed by atoms with Gasteiger partial charge in [0.2, 0.25) is 11.8 Å². The second-order valence-electron chi connectivity index (χ2n) is 6.86. The quantitative estimate of drug-likeness (QED) is 0.567. The van der Waals surface area contributed by atoms with Crippen LogP contribution < -0.4 is 16.4 Å². The number of carbonyl (C=O) groups excluding carboxylic acids is 2. The summed E-state index contributed by atoms with van der Waals surface area (Å²) in [7, 11) is 0. The van der Waals surface area contributed by atoms with Crippen molar-refractivity contribution in [2.24, 2.45) is 11.7 Å². The van der Waals surface area contributed by atoms with Crippen LogP contribution in [0.4, 0.5) is 5.82 Å². The number of nitrogens with zero attached hydrogens (tertiary/aromatic N) is 1. The number of aromatic nitrogens is 1. The van der Waals surface area contributed by atoms with Crippen LogP contribution in [0.2, 0.25) is 0 Å². The summed E-state index contributed by atoms with van der Waals surface area (Å²) in [5.41, 5.74) is 5.47. The highest BCUT2D eigenvalue weighted by Gasteiger charge is 2.23. The van der Waals surface area contributed by atoms with Crippen molar-refractivity contribution in [1.29, 1.82) is 0 Å². The third-order valence-corrected chi connectivity index (χ3v) is 4.77. The summed E-state index contributed by atoms with van der Waals surface area (Å²) in [6, 6.07) is 5.19. The fourth-order valence-corrected chi connectivity index (χ4v) is 3.36. The first-order chi connectivity index (χ1) is 12.1. The summed E-state index contributed by atoms with van der Waals surface area (Å²) in [5.74, 6) is 0.843. The molecule has 6 nitrogen and oxygen atoms in total. The molecule has 1 aromatic heterocycles. The molecule has 6 heteroatoms. The highest BCUT2D eigenvalue weighted by molar-refractivity contribution is 5.86. The third-order valence-electron chi connectivity index (χ3n) is 4.77. The predicted octanol–water partition coefficient (Wildman–Crippen LogP) is 2.60. The van der Waals surface area contributed by atoms with Gasteiger partial charge in [0, 0.05) is 19.2 Å². The van der Waals surface area contributed by atoms with Crippen molar-refractivity contribution in [2.45, 2.75) is 63.8 Å². The molecule has 0 saturated heterocycles. The molecule has 2 rings (SSSR count). The normalized spacial score (nSPS) is 16.2. The van der Waals surface area contributed by atoms with Gasteiger partial charge in [-0.1, -0.05) is 38.2 Å². The van der Waals surface area contributed by atoms with Crippen LogP contribution in [0.1, 0.15) is 57.8 Å². The average molecular weight is 346 g/mol. The number of primary amides is 1. The topological polar surface area (TPSA) is 97.1 Å². The molecule has 0 aliphatic heterocycles. The fraction of sp³-hybridized carbons (Fsp3) is 0.632. The van der Waals surface area contributed by atoms with Gasteiger partial charge in [0.25, 0.3) is 0 Å². The Labute approximate surface area is 150 Å². The number of hydrogen-bond donors (Lipinski definition) is 3. The summed E-state index contributed by atoms with van der Waals surface area (Å²) >= 11 is 0. The molecule has 138 valence electrons. The maximum atomic E-state index is 12.1. The zero-order valence-electron chi connectivity index (χ0n) is 14.9. The maximum absolute atomic E-state index is 12.1. The van der Waals surface area contributed by atoms with Crippen LogP contribution in [0.3, 0.4) is 0 Å². The summed E-state index contributed by atoms with van der Waals surface area (Å²) in [4.78, 5) is 27.9. The second kappa shape index (κ2) is 10.7. The van der Waals surface area contributed by atoms with E-state index in [1.54, 1.807) is 6.20 Å². The Morgan fingerprint density at radius 1 is 1.20 bits per heavy atom. The smallest absolute Gasteiger partial charge is 0.240 e. The lowest BCUT2D eigenvalue weighted by Gasteiger charge is -2.25. The van der Waals surface area contributed by atoms with E-state index in [0.717, 1.165) is 38.0 Å². The van der Waals surface area contributed by atoms with Gasteiger partial charge < -0.3 is 16.4 Å². The summed E-state index contributed by atoms with van der Waals surface area (Å²) in [6.45, 7) is 0.769. The molecule has 0 radical (unpaired) electrons. The number of nitrogens with two attached hydrogens (primary N) is 1. The van der Waals surface area contributed by atoms with Gasteiger partial charge in [0.1, 0.15) is 11.9 Å². The Morgan fingerprint density at radius 3 is 2.68 bits per heavy atom. The molecule has 4 N–H and O–H groups in total. The summed E-state index contributed by atoms with van der Waals surface area (Å²) < 4.78 is 0. The van der Waals surface area contributed by atoms with Crippen LogP contribution in [0.5, 0.6) is 0 Å². The molecule has 0 bridgehead atoms. The number of amides is 2. The minimum Gasteiger partial charge on any atom is -0.370 e. The van der Waals surface area contributed by atoms with Gasteiger partial charge in [-0.15, -0.1) is 0 Å². The van der Waals surface area contributed by atoms with E-state index >= 15 is 0 Å². The van der Waals surface area contributed by atoms with Crippen LogP contribution in [0.15, 0.2) is 24.4 Å². The SMILES string of the molecule is NC(=O)[C@@H](CC1CCCCC1)NC(=O)CCCCNc1ccccn1. The molecule has 2 amide bonds. The van der Waals surface area contributed by atoms with Crippen molar-refractivity contribution >= 4 is 17.6 Å². The van der Waals surface area contributed by atoms with Gasteiger partial charge in [0.15, 0.2) is 0 Å². The molecule has 1 heterocycles. The number of anilines is 1. The fourth-order valence-electron chi connectivity index (χ4n) is 3.36. The summed E-state index contributed by atoms with van der Waals surface area (Å²) in [5, 5.41) is 6.04. The van der Waals surface area contributed by atoms with Crippen LogP contribution in [-0.2, 0) is 9.59 Å². The number of carbonyl (C=O) groups is 2. The molecule has 1 fully saturated rings. The largest absolute Gasteiger partial charge is 0.370 e. The lowest BCUT2D eigenvalue weighted by atomic mass is 9.84. The number of nitrogens with one attached hydrogen (secondary N) is 2. The summed E-state index contributed by atoms with van der Waals surface area (Å²) in [6.07, 6.45) is 10.5. The first-order valence-corrected chi connectivity index (χ1v) is 9.38. The van der Waals surface area contributed by atoms with Gasteiger partial charge in [-0.05, 0) is 37.3 Å². The molecule has 1 aromatic rings. The van der Waals surface area contributed by atoms with E-state index < -0.39 is 11.9 Å². The lowest BCUT2D eigenvalue weighted by molar-refractivity contribution is -0.127. The van der Waals surface area contributed by atoms with Crippen molar-refractivity contribution in [1.82, 2.24) is 10.3 Å². The molecule has 0 spiro atoms. The van der Waals surface area contributed by atoms with Crippen LogP contribution in [-0.4, -0.2) is 29.4 Å². The second-order valence-corrected chi connectivity index (χ2v) is 6.86. The van der Waals surface area contributed by atoms with Crippen molar-refractivity contribution in [3.8, 4) is 0 Å². The first-order valence-electron chi connectivity index (χ1n) is 9.38. The number of hydrogen-bond acceptors (Lipinski definition) is 4.